The molecule has 3 amide bonds. The molecule has 0 bridgehead atoms. The van der Waals surface area contributed by atoms with E-state index in [2.05, 4.69) is 31.5 Å². The highest BCUT2D eigenvalue weighted by atomic mass is 16.5. The van der Waals surface area contributed by atoms with Crippen LogP contribution in [0.2, 0.25) is 0 Å². The highest BCUT2D eigenvalue weighted by molar-refractivity contribution is 5.97. The van der Waals surface area contributed by atoms with Gasteiger partial charge >= 0.3 is 5.97 Å². The van der Waals surface area contributed by atoms with E-state index in [0.29, 0.717) is 11.3 Å². The number of hydrogen-bond donors (Lipinski definition) is 2. The van der Waals surface area contributed by atoms with Crippen molar-refractivity contribution in [3.05, 3.63) is 64.7 Å². The molecule has 0 aromatic heterocycles. The molecule has 1 saturated heterocycles. The van der Waals surface area contributed by atoms with Gasteiger partial charge in [0, 0.05) is 17.7 Å². The molecule has 0 unspecified atom stereocenters. The van der Waals surface area contributed by atoms with Crippen LogP contribution in [0.15, 0.2) is 42.5 Å². The van der Waals surface area contributed by atoms with E-state index in [9.17, 15) is 19.2 Å². The molecule has 1 aliphatic rings. The number of nitrogens with zero attached hydrogens (tertiary/aromatic N) is 1. The summed E-state index contributed by atoms with van der Waals surface area (Å²) < 4.78 is 5.11. The monoisotopic (exact) mass is 465 g/mol. The number of nitrogens with one attached hydrogen (secondary N) is 2. The second-order valence-electron chi connectivity index (χ2n) is 9.71. The van der Waals surface area contributed by atoms with Crippen LogP contribution in [0.3, 0.4) is 0 Å². The van der Waals surface area contributed by atoms with Crippen LogP contribution in [0.5, 0.6) is 0 Å². The maximum Gasteiger partial charge on any atom is 0.311 e. The first-order valence-corrected chi connectivity index (χ1v) is 11.2. The molecule has 1 heterocycles. The first kappa shape index (κ1) is 25.0. The zero-order chi connectivity index (χ0) is 25.0. The SMILES string of the molecule is Cc1cc(C)cc(NC(=O)COC(=O)[C@H]2CC(=O)N(NC(=O)c3ccc(C(C)(C)C)cc3)C2)c1. The summed E-state index contributed by atoms with van der Waals surface area (Å²) in [5.41, 5.74) is 6.65. The van der Waals surface area contributed by atoms with Gasteiger partial charge in [0.2, 0.25) is 5.91 Å². The van der Waals surface area contributed by atoms with Gasteiger partial charge in [0.05, 0.1) is 12.5 Å². The topological polar surface area (TPSA) is 105 Å². The van der Waals surface area contributed by atoms with Crippen molar-refractivity contribution in [2.75, 3.05) is 18.5 Å². The van der Waals surface area contributed by atoms with E-state index < -0.39 is 30.3 Å². The minimum Gasteiger partial charge on any atom is -0.455 e. The summed E-state index contributed by atoms with van der Waals surface area (Å²) in [7, 11) is 0. The van der Waals surface area contributed by atoms with Crippen molar-refractivity contribution in [2.45, 2.75) is 46.5 Å². The predicted octanol–water partition coefficient (Wildman–Crippen LogP) is 3.28. The highest BCUT2D eigenvalue weighted by Crippen LogP contribution is 2.23. The lowest BCUT2D eigenvalue weighted by Crippen LogP contribution is -2.43. The summed E-state index contributed by atoms with van der Waals surface area (Å²) in [5.74, 6) is -2.70. The summed E-state index contributed by atoms with van der Waals surface area (Å²) in [4.78, 5) is 49.4. The fourth-order valence-electron chi connectivity index (χ4n) is 3.78. The molecule has 8 heteroatoms. The number of ether oxygens (including phenoxy) is 1. The maximum absolute atomic E-state index is 12.5. The van der Waals surface area contributed by atoms with Gasteiger partial charge in [-0.3, -0.25) is 29.6 Å². The van der Waals surface area contributed by atoms with Crippen LogP contribution in [-0.2, 0) is 24.5 Å². The van der Waals surface area contributed by atoms with E-state index in [1.807, 2.05) is 44.2 Å². The van der Waals surface area contributed by atoms with E-state index >= 15 is 0 Å². The Labute approximate surface area is 199 Å². The lowest BCUT2D eigenvalue weighted by atomic mass is 9.87. The average Bonchev–Trinajstić information content (AvgIpc) is 3.11. The lowest BCUT2D eigenvalue weighted by molar-refractivity contribution is -0.151. The third kappa shape index (κ3) is 6.43. The standard InChI is InChI=1S/C26H31N3O5/c1-16-10-17(2)12-21(11-16)27-22(30)15-34-25(33)19-13-23(31)29(14-19)28-24(32)18-6-8-20(9-7-18)26(3,4)5/h6-12,19H,13-15H2,1-5H3,(H,27,30)(H,28,32)/t19-/m0/s1. The summed E-state index contributed by atoms with van der Waals surface area (Å²) in [5, 5.41) is 3.82. The molecule has 1 aliphatic heterocycles. The van der Waals surface area contributed by atoms with Gasteiger partial charge in [-0.25, -0.2) is 0 Å². The number of amides is 3. The number of aryl methyl sites for hydroxylation is 2. The lowest BCUT2D eigenvalue weighted by Gasteiger charge is -2.20. The van der Waals surface area contributed by atoms with Crippen molar-refractivity contribution >= 4 is 29.4 Å². The second-order valence-corrected chi connectivity index (χ2v) is 9.71. The number of anilines is 1. The quantitative estimate of drug-likeness (QED) is 0.637. The number of hydrazine groups is 1. The van der Waals surface area contributed by atoms with Crippen molar-refractivity contribution in [2.24, 2.45) is 5.92 Å². The minimum atomic E-state index is -0.759. The van der Waals surface area contributed by atoms with Crippen LogP contribution in [-0.4, -0.2) is 41.9 Å². The number of esters is 1. The summed E-state index contributed by atoms with van der Waals surface area (Å²) >= 11 is 0. The van der Waals surface area contributed by atoms with Crippen LogP contribution in [0.4, 0.5) is 5.69 Å². The Balaban J connectivity index is 1.50. The van der Waals surface area contributed by atoms with Gasteiger partial charge in [0.1, 0.15) is 0 Å². The van der Waals surface area contributed by atoms with Gasteiger partial charge in [-0.1, -0.05) is 39.0 Å². The number of carbonyl (C=O) groups is 4. The van der Waals surface area contributed by atoms with Gasteiger partial charge in [0.25, 0.3) is 11.8 Å². The third-order valence-electron chi connectivity index (χ3n) is 5.56. The molecular formula is C26H31N3O5. The molecule has 180 valence electrons. The molecule has 34 heavy (non-hydrogen) atoms. The third-order valence-corrected chi connectivity index (χ3v) is 5.56. The van der Waals surface area contributed by atoms with Crippen molar-refractivity contribution in [3.63, 3.8) is 0 Å². The van der Waals surface area contributed by atoms with E-state index in [4.69, 9.17) is 4.74 Å². The number of rotatable bonds is 6. The molecule has 0 radical (unpaired) electrons. The fourth-order valence-corrected chi connectivity index (χ4v) is 3.78. The van der Waals surface area contributed by atoms with Gasteiger partial charge in [-0.05, 0) is 60.2 Å². The van der Waals surface area contributed by atoms with E-state index in [0.717, 1.165) is 21.7 Å². The Morgan fingerprint density at radius 2 is 1.65 bits per heavy atom. The molecule has 8 nitrogen and oxygen atoms in total. The Morgan fingerprint density at radius 1 is 1.03 bits per heavy atom. The molecule has 0 aliphatic carbocycles. The first-order chi connectivity index (χ1) is 15.9. The second kappa shape index (κ2) is 10.1. The number of hydrogen-bond acceptors (Lipinski definition) is 5. The molecule has 0 spiro atoms. The summed E-state index contributed by atoms with van der Waals surface area (Å²) in [6.45, 7) is 9.62. The summed E-state index contributed by atoms with van der Waals surface area (Å²) in [6.07, 6.45) is -0.0965. The van der Waals surface area contributed by atoms with Crippen molar-refractivity contribution in [1.29, 1.82) is 0 Å². The van der Waals surface area contributed by atoms with Gasteiger partial charge in [-0.2, -0.15) is 0 Å². The van der Waals surface area contributed by atoms with Crippen LogP contribution in [0.1, 0.15) is 54.2 Å². The molecule has 1 atom stereocenters. The van der Waals surface area contributed by atoms with E-state index in [1.165, 1.54) is 0 Å². The summed E-state index contributed by atoms with van der Waals surface area (Å²) in [6, 6.07) is 12.8. The largest absolute Gasteiger partial charge is 0.455 e. The van der Waals surface area contributed by atoms with Gasteiger partial charge in [-0.15, -0.1) is 0 Å². The predicted molar refractivity (Wildman–Crippen MR) is 128 cm³/mol. The Bertz CT molecular complexity index is 1080. The van der Waals surface area contributed by atoms with Gasteiger partial charge < -0.3 is 10.1 Å². The van der Waals surface area contributed by atoms with E-state index in [-0.39, 0.29) is 24.3 Å². The first-order valence-electron chi connectivity index (χ1n) is 11.2. The maximum atomic E-state index is 12.5. The van der Waals surface area contributed by atoms with Crippen LogP contribution >= 0.6 is 0 Å². The number of benzene rings is 2. The molecule has 3 rings (SSSR count). The Kier molecular flexibility index (Phi) is 7.39. The van der Waals surface area contributed by atoms with Gasteiger partial charge in [0.15, 0.2) is 6.61 Å². The molecule has 1 fully saturated rings. The van der Waals surface area contributed by atoms with E-state index in [1.54, 1.807) is 12.1 Å². The van der Waals surface area contributed by atoms with Crippen LogP contribution in [0.25, 0.3) is 0 Å². The smallest absolute Gasteiger partial charge is 0.311 e. The number of carbonyl (C=O) groups excluding carboxylic acids is 4. The van der Waals surface area contributed by atoms with Crippen molar-refractivity contribution in [3.8, 4) is 0 Å². The molecule has 2 aromatic carbocycles. The molecule has 2 N–H and O–H groups in total. The molecular weight excluding hydrogens is 434 g/mol. The zero-order valence-electron chi connectivity index (χ0n) is 20.2. The van der Waals surface area contributed by atoms with Crippen LogP contribution < -0.4 is 10.7 Å². The molecule has 2 aromatic rings. The van der Waals surface area contributed by atoms with Crippen LogP contribution in [0, 0.1) is 19.8 Å². The fraction of sp³-hybridized carbons (Fsp3) is 0.385. The highest BCUT2D eigenvalue weighted by Gasteiger charge is 2.36. The Hall–Kier alpha value is -3.68. The Morgan fingerprint density at radius 3 is 2.24 bits per heavy atom. The molecule has 0 saturated carbocycles. The minimum absolute atomic E-state index is 0.0117. The average molecular weight is 466 g/mol. The normalized spacial score (nSPS) is 15.7. The van der Waals surface area contributed by atoms with Crippen molar-refractivity contribution < 1.29 is 23.9 Å². The van der Waals surface area contributed by atoms with Crippen molar-refractivity contribution in [1.82, 2.24) is 10.4 Å². The zero-order valence-corrected chi connectivity index (χ0v) is 20.2.